The number of nitrogens with zero attached hydrogens (tertiary/aromatic N) is 2. The molecule has 0 aliphatic heterocycles. The topological polar surface area (TPSA) is 30.4 Å². The highest BCUT2D eigenvalue weighted by Gasteiger charge is 2.06. The molecule has 1 aromatic carbocycles. The molecule has 4 heteroatoms. The van der Waals surface area contributed by atoms with Gasteiger partial charge in [-0.05, 0) is 24.3 Å². The molecule has 0 unspecified atom stereocenters. The molecule has 0 spiro atoms. The first-order valence-electron chi connectivity index (χ1n) is 4.51. The van der Waals surface area contributed by atoms with Gasteiger partial charge in [-0.2, -0.15) is 0 Å². The molecule has 74 valence electrons. The zero-order chi connectivity index (χ0) is 10.3. The molecule has 0 fully saturated rings. The lowest BCUT2D eigenvalue weighted by Gasteiger charge is -1.94. The Kier molecular flexibility index (Phi) is 1.62. The maximum Gasteiger partial charge on any atom is 0.306 e. The minimum atomic E-state index is -0.255. The predicted molar refractivity (Wildman–Crippen MR) is 52.9 cm³/mol. The van der Waals surface area contributed by atoms with Gasteiger partial charge in [0.1, 0.15) is 5.82 Å². The lowest BCUT2D eigenvalue weighted by molar-refractivity contribution is 0.608. The van der Waals surface area contributed by atoms with Crippen molar-refractivity contribution in [2.45, 2.75) is 0 Å². The third-order valence-corrected chi connectivity index (χ3v) is 2.22. The quantitative estimate of drug-likeness (QED) is 0.607. The van der Waals surface area contributed by atoms with E-state index in [0.29, 0.717) is 11.6 Å². The van der Waals surface area contributed by atoms with E-state index in [1.807, 2.05) is 6.20 Å². The van der Waals surface area contributed by atoms with Crippen LogP contribution in [0.25, 0.3) is 17.2 Å². The summed E-state index contributed by atoms with van der Waals surface area (Å²) in [6.07, 6.45) is 5.27. The minimum absolute atomic E-state index is 0.255. The Bertz CT molecular complexity index is 566. The lowest BCUT2D eigenvalue weighted by Crippen LogP contribution is -1.76. The lowest BCUT2D eigenvalue weighted by atomic mass is 10.2. The Morgan fingerprint density at radius 2 is 2.00 bits per heavy atom. The van der Waals surface area contributed by atoms with Crippen molar-refractivity contribution in [1.82, 2.24) is 9.38 Å². The number of fused-ring (bicyclic) bond motifs is 1. The molecular formula is C11H7FN2O. The summed E-state index contributed by atoms with van der Waals surface area (Å²) < 4.78 is 19.9. The molecule has 3 rings (SSSR count). The van der Waals surface area contributed by atoms with Crippen molar-refractivity contribution in [3.63, 3.8) is 0 Å². The smallest absolute Gasteiger partial charge is 0.306 e. The first-order valence-corrected chi connectivity index (χ1v) is 4.51. The Morgan fingerprint density at radius 3 is 2.73 bits per heavy atom. The molecule has 0 atom stereocenters. The first kappa shape index (κ1) is 8.23. The van der Waals surface area contributed by atoms with Crippen molar-refractivity contribution in [2.75, 3.05) is 0 Å². The van der Waals surface area contributed by atoms with Crippen LogP contribution < -0.4 is 0 Å². The van der Waals surface area contributed by atoms with Crippen LogP contribution in [0.1, 0.15) is 0 Å². The molecule has 3 nitrogen and oxygen atoms in total. The van der Waals surface area contributed by atoms with E-state index >= 15 is 0 Å². The summed E-state index contributed by atoms with van der Waals surface area (Å²) in [6.45, 7) is 0. The Morgan fingerprint density at radius 1 is 1.20 bits per heavy atom. The van der Waals surface area contributed by atoms with Crippen LogP contribution >= 0.6 is 0 Å². The average Bonchev–Trinajstić information content (AvgIpc) is 2.78. The first-order chi connectivity index (χ1) is 7.33. The van der Waals surface area contributed by atoms with Crippen LogP contribution in [-0.2, 0) is 0 Å². The van der Waals surface area contributed by atoms with Gasteiger partial charge in [-0.3, -0.25) is 4.40 Å². The summed E-state index contributed by atoms with van der Waals surface area (Å²) in [5, 5.41) is 0. The molecule has 0 aliphatic rings. The number of halogens is 1. The van der Waals surface area contributed by atoms with Crippen LogP contribution in [0.2, 0.25) is 0 Å². The number of oxazole rings is 1. The SMILES string of the molecule is Fc1ccc(-c2cn3ccnc3o2)cc1. The summed E-state index contributed by atoms with van der Waals surface area (Å²) >= 11 is 0. The molecule has 0 bridgehead atoms. The molecule has 0 N–H and O–H groups in total. The maximum absolute atomic E-state index is 12.7. The third kappa shape index (κ3) is 1.30. The Labute approximate surface area is 84.8 Å². The standard InChI is InChI=1S/C11H7FN2O/c12-9-3-1-8(2-4-9)10-7-14-6-5-13-11(14)15-10/h1-7H. The van der Waals surface area contributed by atoms with Crippen molar-refractivity contribution < 1.29 is 8.81 Å². The van der Waals surface area contributed by atoms with Crippen molar-refractivity contribution in [3.8, 4) is 11.3 Å². The van der Waals surface area contributed by atoms with Crippen molar-refractivity contribution >= 4 is 5.84 Å². The van der Waals surface area contributed by atoms with E-state index in [4.69, 9.17) is 4.42 Å². The number of hydrogen-bond donors (Lipinski definition) is 0. The fourth-order valence-electron chi connectivity index (χ4n) is 1.48. The monoisotopic (exact) mass is 202 g/mol. The molecule has 0 amide bonds. The van der Waals surface area contributed by atoms with Gasteiger partial charge < -0.3 is 4.42 Å². The molecule has 0 radical (unpaired) electrons. The van der Waals surface area contributed by atoms with Crippen LogP contribution in [-0.4, -0.2) is 9.38 Å². The van der Waals surface area contributed by atoms with Crippen molar-refractivity contribution in [2.24, 2.45) is 0 Å². The van der Waals surface area contributed by atoms with Gasteiger partial charge in [0.05, 0.1) is 6.20 Å². The zero-order valence-electron chi connectivity index (χ0n) is 7.72. The predicted octanol–water partition coefficient (Wildman–Crippen LogP) is 2.73. The van der Waals surface area contributed by atoms with Crippen LogP contribution in [0.5, 0.6) is 0 Å². The van der Waals surface area contributed by atoms with Gasteiger partial charge >= 0.3 is 5.84 Å². The summed E-state index contributed by atoms with van der Waals surface area (Å²) in [5.74, 6) is 0.961. The van der Waals surface area contributed by atoms with E-state index in [9.17, 15) is 4.39 Å². The van der Waals surface area contributed by atoms with Crippen molar-refractivity contribution in [3.05, 3.63) is 48.7 Å². The van der Waals surface area contributed by atoms with Crippen LogP contribution in [0.4, 0.5) is 4.39 Å². The van der Waals surface area contributed by atoms with E-state index in [0.717, 1.165) is 5.56 Å². The fourth-order valence-corrected chi connectivity index (χ4v) is 1.48. The van der Waals surface area contributed by atoms with E-state index in [2.05, 4.69) is 4.98 Å². The van der Waals surface area contributed by atoms with E-state index in [-0.39, 0.29) is 5.82 Å². The molecule has 2 heterocycles. The molecule has 0 saturated carbocycles. The van der Waals surface area contributed by atoms with E-state index < -0.39 is 0 Å². The maximum atomic E-state index is 12.7. The van der Waals surface area contributed by atoms with Gasteiger partial charge in [0.25, 0.3) is 0 Å². The van der Waals surface area contributed by atoms with Gasteiger partial charge in [-0.1, -0.05) is 0 Å². The van der Waals surface area contributed by atoms with Gasteiger partial charge in [-0.25, -0.2) is 9.37 Å². The third-order valence-electron chi connectivity index (χ3n) is 2.22. The van der Waals surface area contributed by atoms with Crippen LogP contribution in [0.3, 0.4) is 0 Å². The van der Waals surface area contributed by atoms with Crippen LogP contribution in [0, 0.1) is 5.82 Å². The molecule has 0 aliphatic carbocycles. The highest BCUT2D eigenvalue weighted by atomic mass is 19.1. The van der Waals surface area contributed by atoms with Gasteiger partial charge in [-0.15, -0.1) is 0 Å². The second-order valence-electron chi connectivity index (χ2n) is 3.22. The zero-order valence-corrected chi connectivity index (χ0v) is 7.72. The second-order valence-corrected chi connectivity index (χ2v) is 3.22. The minimum Gasteiger partial charge on any atom is -0.423 e. The van der Waals surface area contributed by atoms with E-state index in [1.165, 1.54) is 12.1 Å². The molecule has 0 saturated heterocycles. The average molecular weight is 202 g/mol. The summed E-state index contributed by atoms with van der Waals surface area (Å²) in [4.78, 5) is 4.00. The van der Waals surface area contributed by atoms with Gasteiger partial charge in [0, 0.05) is 18.0 Å². The molecule has 15 heavy (non-hydrogen) atoms. The van der Waals surface area contributed by atoms with Crippen LogP contribution in [0.15, 0.2) is 47.3 Å². The summed E-state index contributed by atoms with van der Waals surface area (Å²) in [7, 11) is 0. The largest absolute Gasteiger partial charge is 0.423 e. The Hall–Kier alpha value is -2.10. The summed E-state index contributed by atoms with van der Waals surface area (Å²) in [6, 6.07) is 6.16. The Balaban J connectivity index is 2.13. The molecule has 3 aromatic rings. The molecular weight excluding hydrogens is 195 g/mol. The number of rotatable bonds is 1. The van der Waals surface area contributed by atoms with E-state index in [1.54, 1.807) is 28.9 Å². The van der Waals surface area contributed by atoms with Crippen molar-refractivity contribution in [1.29, 1.82) is 0 Å². The number of hydrogen-bond acceptors (Lipinski definition) is 2. The number of benzene rings is 1. The normalized spacial score (nSPS) is 11.0. The second kappa shape index (κ2) is 2.95. The van der Waals surface area contributed by atoms with Gasteiger partial charge in [0.2, 0.25) is 0 Å². The fraction of sp³-hybridized carbons (Fsp3) is 0. The number of aromatic nitrogens is 2. The summed E-state index contributed by atoms with van der Waals surface area (Å²) in [5.41, 5.74) is 0.835. The van der Waals surface area contributed by atoms with Gasteiger partial charge in [0.15, 0.2) is 5.76 Å². The highest BCUT2D eigenvalue weighted by molar-refractivity contribution is 5.58. The molecule has 2 aromatic heterocycles. The number of imidazole rings is 1. The highest BCUT2D eigenvalue weighted by Crippen LogP contribution is 2.21.